The van der Waals surface area contributed by atoms with Crippen LogP contribution < -0.4 is 26.4 Å². The van der Waals surface area contributed by atoms with Crippen molar-refractivity contribution in [3.8, 4) is 17.1 Å². The SMILES string of the molecule is Cc1cnc(-c2cccc(OCC(=O)NC3CCNCC3)c2)nc1Nc1ccc(N)c(C=N)c1. The highest BCUT2D eigenvalue weighted by molar-refractivity contribution is 5.87. The number of aryl methyl sites for hydroxylation is 1. The van der Waals surface area contributed by atoms with Gasteiger partial charge in [0.15, 0.2) is 12.4 Å². The van der Waals surface area contributed by atoms with Gasteiger partial charge in [0.1, 0.15) is 11.6 Å². The number of piperidine rings is 1. The summed E-state index contributed by atoms with van der Waals surface area (Å²) in [5, 5.41) is 17.1. The van der Waals surface area contributed by atoms with Crippen molar-refractivity contribution < 1.29 is 9.53 Å². The molecule has 1 fully saturated rings. The first kappa shape index (κ1) is 23.2. The minimum Gasteiger partial charge on any atom is -0.484 e. The van der Waals surface area contributed by atoms with E-state index >= 15 is 0 Å². The number of benzene rings is 2. The van der Waals surface area contributed by atoms with Gasteiger partial charge in [-0.15, -0.1) is 0 Å². The van der Waals surface area contributed by atoms with Crippen molar-refractivity contribution in [3.63, 3.8) is 0 Å². The van der Waals surface area contributed by atoms with Gasteiger partial charge in [-0.25, -0.2) is 9.97 Å². The van der Waals surface area contributed by atoms with Gasteiger partial charge in [0, 0.05) is 46.5 Å². The lowest BCUT2D eigenvalue weighted by Gasteiger charge is -2.23. The molecule has 1 amide bonds. The molecule has 2 aromatic carbocycles. The molecule has 9 nitrogen and oxygen atoms in total. The second-order valence-corrected chi connectivity index (χ2v) is 8.25. The third-order valence-electron chi connectivity index (χ3n) is 5.64. The third-order valence-corrected chi connectivity index (χ3v) is 5.64. The number of aromatic nitrogens is 2. The van der Waals surface area contributed by atoms with E-state index in [0.29, 0.717) is 28.6 Å². The lowest BCUT2D eigenvalue weighted by atomic mass is 10.1. The molecule has 0 bridgehead atoms. The van der Waals surface area contributed by atoms with E-state index < -0.39 is 0 Å². The summed E-state index contributed by atoms with van der Waals surface area (Å²) in [5.74, 6) is 1.63. The number of rotatable bonds is 8. The number of carbonyl (C=O) groups is 1. The van der Waals surface area contributed by atoms with Crippen molar-refractivity contribution >= 4 is 29.3 Å². The molecule has 1 aliphatic heterocycles. The average Bonchev–Trinajstić information content (AvgIpc) is 2.86. The number of nitrogens with two attached hydrogens (primary N) is 1. The maximum atomic E-state index is 12.3. The molecule has 0 atom stereocenters. The van der Waals surface area contributed by atoms with Crippen LogP contribution in [0.3, 0.4) is 0 Å². The van der Waals surface area contributed by atoms with Crippen LogP contribution >= 0.6 is 0 Å². The molecule has 1 saturated heterocycles. The zero-order valence-corrected chi connectivity index (χ0v) is 19.1. The third kappa shape index (κ3) is 5.87. The summed E-state index contributed by atoms with van der Waals surface area (Å²) in [6, 6.07) is 13.0. The first-order valence-corrected chi connectivity index (χ1v) is 11.3. The summed E-state index contributed by atoms with van der Waals surface area (Å²) < 4.78 is 5.73. The van der Waals surface area contributed by atoms with Gasteiger partial charge >= 0.3 is 0 Å². The zero-order chi connectivity index (χ0) is 23.9. The summed E-state index contributed by atoms with van der Waals surface area (Å²) in [6.45, 7) is 3.72. The Morgan fingerprint density at radius 3 is 2.88 bits per heavy atom. The summed E-state index contributed by atoms with van der Waals surface area (Å²) in [5.41, 5.74) is 9.48. The van der Waals surface area contributed by atoms with Crippen molar-refractivity contribution in [2.75, 3.05) is 30.7 Å². The van der Waals surface area contributed by atoms with Crippen LogP contribution in [0.25, 0.3) is 11.4 Å². The molecule has 4 rings (SSSR count). The van der Waals surface area contributed by atoms with Crippen molar-refractivity contribution in [1.29, 1.82) is 5.41 Å². The number of anilines is 3. The predicted octanol–water partition coefficient (Wildman–Crippen LogP) is 3.02. The number of carbonyl (C=O) groups excluding carboxylic acids is 1. The standard InChI is InChI=1S/C25H29N7O2/c1-16-14-29-25(32-24(16)31-20-5-6-22(27)18(11-20)13-26)17-3-2-4-21(12-17)34-15-23(33)30-19-7-9-28-10-8-19/h2-6,11-14,19,26,28H,7-10,15,27H2,1H3,(H,30,33)(H,29,31,32). The van der Waals surface area contributed by atoms with Crippen LogP contribution in [0.4, 0.5) is 17.2 Å². The van der Waals surface area contributed by atoms with E-state index in [2.05, 4.69) is 25.9 Å². The monoisotopic (exact) mass is 459 g/mol. The Labute approximate surface area is 198 Å². The molecule has 9 heteroatoms. The Kier molecular flexibility index (Phi) is 7.34. The number of ether oxygens (including phenoxy) is 1. The maximum Gasteiger partial charge on any atom is 0.258 e. The Hall–Kier alpha value is -3.98. The fourth-order valence-electron chi connectivity index (χ4n) is 3.73. The minimum atomic E-state index is -0.122. The van der Waals surface area contributed by atoms with Crippen molar-refractivity contribution in [3.05, 3.63) is 59.8 Å². The fourth-order valence-corrected chi connectivity index (χ4v) is 3.73. The van der Waals surface area contributed by atoms with Crippen LogP contribution in [-0.4, -0.2) is 47.8 Å². The minimum absolute atomic E-state index is 0.0402. The molecule has 0 unspecified atom stereocenters. The zero-order valence-electron chi connectivity index (χ0n) is 19.1. The Morgan fingerprint density at radius 2 is 2.09 bits per heavy atom. The van der Waals surface area contributed by atoms with Crippen molar-refractivity contribution in [2.24, 2.45) is 0 Å². The molecule has 0 spiro atoms. The van der Waals surface area contributed by atoms with Crippen LogP contribution in [0.5, 0.6) is 5.75 Å². The molecular weight excluding hydrogens is 430 g/mol. The highest BCUT2D eigenvalue weighted by atomic mass is 16.5. The molecule has 34 heavy (non-hydrogen) atoms. The van der Waals surface area contributed by atoms with E-state index in [-0.39, 0.29) is 18.6 Å². The molecule has 1 aliphatic rings. The quantitative estimate of drug-likeness (QED) is 0.258. The number of amides is 1. The fraction of sp³-hybridized carbons (Fsp3) is 0.280. The lowest BCUT2D eigenvalue weighted by molar-refractivity contribution is -0.123. The van der Waals surface area contributed by atoms with E-state index in [1.54, 1.807) is 18.3 Å². The highest BCUT2D eigenvalue weighted by Crippen LogP contribution is 2.26. The van der Waals surface area contributed by atoms with E-state index in [1.165, 1.54) is 6.21 Å². The molecule has 0 radical (unpaired) electrons. The summed E-state index contributed by atoms with van der Waals surface area (Å²) in [7, 11) is 0. The van der Waals surface area contributed by atoms with Crippen molar-refractivity contribution in [1.82, 2.24) is 20.6 Å². The van der Waals surface area contributed by atoms with Gasteiger partial charge in [-0.05, 0) is 63.2 Å². The first-order valence-electron chi connectivity index (χ1n) is 11.3. The van der Waals surface area contributed by atoms with E-state index in [1.807, 2.05) is 37.3 Å². The van der Waals surface area contributed by atoms with Gasteiger partial charge in [-0.2, -0.15) is 0 Å². The summed E-state index contributed by atoms with van der Waals surface area (Å²) in [4.78, 5) is 21.4. The number of hydrogen-bond acceptors (Lipinski definition) is 8. The summed E-state index contributed by atoms with van der Waals surface area (Å²) in [6.07, 6.45) is 4.83. The highest BCUT2D eigenvalue weighted by Gasteiger charge is 2.16. The molecule has 3 aromatic rings. The largest absolute Gasteiger partial charge is 0.484 e. The van der Waals surface area contributed by atoms with Gasteiger partial charge in [0.2, 0.25) is 0 Å². The van der Waals surface area contributed by atoms with Gasteiger partial charge < -0.3 is 31.8 Å². The van der Waals surface area contributed by atoms with E-state index in [9.17, 15) is 4.79 Å². The topological polar surface area (TPSA) is 138 Å². The van der Waals surface area contributed by atoms with Gasteiger partial charge in [0.05, 0.1) is 0 Å². The molecule has 1 aromatic heterocycles. The maximum absolute atomic E-state index is 12.3. The number of nitrogens with zero attached hydrogens (tertiary/aromatic N) is 2. The average molecular weight is 460 g/mol. The van der Waals surface area contributed by atoms with Crippen LogP contribution in [-0.2, 0) is 4.79 Å². The van der Waals surface area contributed by atoms with Gasteiger partial charge in [0.25, 0.3) is 5.91 Å². The Morgan fingerprint density at radius 1 is 1.26 bits per heavy atom. The molecule has 0 saturated carbocycles. The normalized spacial score (nSPS) is 13.8. The predicted molar refractivity (Wildman–Crippen MR) is 134 cm³/mol. The van der Waals surface area contributed by atoms with E-state index in [4.69, 9.17) is 15.9 Å². The van der Waals surface area contributed by atoms with Crippen molar-refractivity contribution in [2.45, 2.75) is 25.8 Å². The van der Waals surface area contributed by atoms with Crippen LogP contribution in [0.2, 0.25) is 0 Å². The van der Waals surface area contributed by atoms with Gasteiger partial charge in [-0.3, -0.25) is 4.79 Å². The van der Waals surface area contributed by atoms with Crippen LogP contribution in [0.15, 0.2) is 48.7 Å². The van der Waals surface area contributed by atoms with Crippen LogP contribution in [0.1, 0.15) is 24.0 Å². The second kappa shape index (κ2) is 10.8. The molecule has 2 heterocycles. The molecule has 0 aliphatic carbocycles. The van der Waals surface area contributed by atoms with Crippen LogP contribution in [0, 0.1) is 12.3 Å². The molecule has 176 valence electrons. The molecule has 6 N–H and O–H groups in total. The lowest BCUT2D eigenvalue weighted by Crippen LogP contribution is -2.44. The Balaban J connectivity index is 1.44. The second-order valence-electron chi connectivity index (χ2n) is 8.25. The summed E-state index contributed by atoms with van der Waals surface area (Å²) >= 11 is 0. The van der Waals surface area contributed by atoms with Gasteiger partial charge in [-0.1, -0.05) is 12.1 Å². The number of nitrogens with one attached hydrogen (secondary N) is 4. The Bertz CT molecular complexity index is 1180. The molecular formula is C25H29N7O2. The first-order chi connectivity index (χ1) is 16.5. The van der Waals surface area contributed by atoms with E-state index in [0.717, 1.165) is 42.7 Å². The number of hydrogen-bond donors (Lipinski definition) is 5. The smallest absolute Gasteiger partial charge is 0.258 e. The number of nitrogen functional groups attached to an aromatic ring is 1.